The summed E-state index contributed by atoms with van der Waals surface area (Å²) in [5.41, 5.74) is 0.302. The Morgan fingerprint density at radius 2 is 1.91 bits per heavy atom. The predicted octanol–water partition coefficient (Wildman–Crippen LogP) is 2.68. The van der Waals surface area contributed by atoms with Gasteiger partial charge in [-0.15, -0.1) is 0 Å². The van der Waals surface area contributed by atoms with Crippen LogP contribution in [0.1, 0.15) is 41.7 Å². The molecule has 0 fully saturated rings. The molecule has 0 atom stereocenters. The lowest BCUT2D eigenvalue weighted by Gasteiger charge is -2.08. The first kappa shape index (κ1) is 23.4. The lowest BCUT2D eigenvalue weighted by molar-refractivity contribution is -0.386. The number of carbonyl (C=O) groups excluding carboxylic acids is 2. The number of hydrogen-bond donors (Lipinski definition) is 2. The van der Waals surface area contributed by atoms with Gasteiger partial charge in [-0.25, -0.2) is 4.68 Å². The summed E-state index contributed by atoms with van der Waals surface area (Å²) in [6.45, 7) is 6.70. The van der Waals surface area contributed by atoms with Gasteiger partial charge in [0.05, 0.1) is 10.6 Å². The van der Waals surface area contributed by atoms with Crippen molar-refractivity contribution in [3.8, 4) is 5.75 Å². The second-order valence-electron chi connectivity index (χ2n) is 7.54. The third-order valence-electron chi connectivity index (χ3n) is 4.51. The van der Waals surface area contributed by atoms with Crippen molar-refractivity contribution in [3.05, 3.63) is 64.2 Å². The van der Waals surface area contributed by atoms with E-state index in [1.807, 2.05) is 20.8 Å². The molecule has 0 aliphatic carbocycles. The van der Waals surface area contributed by atoms with Crippen LogP contribution < -0.4 is 15.4 Å². The maximum atomic E-state index is 12.7. The first-order chi connectivity index (χ1) is 15.8. The molecule has 12 nitrogen and oxygen atoms in total. The summed E-state index contributed by atoms with van der Waals surface area (Å²) in [6, 6.07) is 7.45. The third kappa shape index (κ3) is 5.93. The van der Waals surface area contributed by atoms with Gasteiger partial charge in [-0.2, -0.15) is 10.2 Å². The molecule has 0 saturated heterocycles. The molecule has 1 aromatic carbocycles. The molecule has 0 saturated carbocycles. The molecule has 0 radical (unpaired) electrons. The summed E-state index contributed by atoms with van der Waals surface area (Å²) < 4.78 is 8.36. The van der Waals surface area contributed by atoms with Gasteiger partial charge in [-0.05, 0) is 25.0 Å². The molecule has 174 valence electrons. The van der Waals surface area contributed by atoms with E-state index in [1.165, 1.54) is 29.1 Å². The number of anilines is 1. The highest BCUT2D eigenvalue weighted by molar-refractivity contribution is 6.07. The molecule has 0 bridgehead atoms. The number of benzene rings is 1. The minimum absolute atomic E-state index is 0.0824. The molecule has 0 unspecified atom stereocenters. The number of rotatable bonds is 10. The maximum Gasteiger partial charge on any atom is 0.311 e. The molecule has 2 heterocycles. The SMILES string of the molecule is CCn1cc(NC(=O)c2ccn(COc3ccccc3[N+](=O)[O-])n2)c(C(=O)NCC(C)C)n1. The van der Waals surface area contributed by atoms with E-state index in [4.69, 9.17) is 4.74 Å². The molecular formula is C21H25N7O5. The predicted molar refractivity (Wildman–Crippen MR) is 119 cm³/mol. The van der Waals surface area contributed by atoms with Crippen LogP contribution in [-0.4, -0.2) is 42.8 Å². The Hall–Kier alpha value is -4.22. The van der Waals surface area contributed by atoms with Crippen molar-refractivity contribution < 1.29 is 19.2 Å². The minimum atomic E-state index is -0.539. The quantitative estimate of drug-likeness (QED) is 0.353. The number of aromatic nitrogens is 4. The van der Waals surface area contributed by atoms with E-state index in [-0.39, 0.29) is 47.1 Å². The molecule has 0 spiro atoms. The number of nitrogens with one attached hydrogen (secondary N) is 2. The van der Waals surface area contributed by atoms with Gasteiger partial charge >= 0.3 is 5.69 Å². The van der Waals surface area contributed by atoms with Gasteiger partial charge in [0, 0.05) is 31.5 Å². The Kier molecular flexibility index (Phi) is 7.38. The van der Waals surface area contributed by atoms with Crippen molar-refractivity contribution in [3.63, 3.8) is 0 Å². The molecular weight excluding hydrogens is 430 g/mol. The Labute approximate surface area is 189 Å². The van der Waals surface area contributed by atoms with Crippen LogP contribution in [0.2, 0.25) is 0 Å². The van der Waals surface area contributed by atoms with Gasteiger partial charge in [0.15, 0.2) is 23.9 Å². The first-order valence-corrected chi connectivity index (χ1v) is 10.3. The largest absolute Gasteiger partial charge is 0.464 e. The van der Waals surface area contributed by atoms with E-state index in [9.17, 15) is 19.7 Å². The van der Waals surface area contributed by atoms with Crippen LogP contribution in [0.5, 0.6) is 5.75 Å². The van der Waals surface area contributed by atoms with Crippen LogP contribution in [0.15, 0.2) is 42.7 Å². The van der Waals surface area contributed by atoms with Gasteiger partial charge < -0.3 is 15.4 Å². The molecule has 0 aliphatic rings. The van der Waals surface area contributed by atoms with E-state index >= 15 is 0 Å². The number of nitro benzene ring substituents is 1. The summed E-state index contributed by atoms with van der Waals surface area (Å²) in [5, 5.41) is 24.9. The lowest BCUT2D eigenvalue weighted by Crippen LogP contribution is -2.28. The van der Waals surface area contributed by atoms with Crippen LogP contribution in [0.3, 0.4) is 0 Å². The highest BCUT2D eigenvalue weighted by Crippen LogP contribution is 2.26. The maximum absolute atomic E-state index is 12.7. The Morgan fingerprint density at radius 3 is 2.61 bits per heavy atom. The zero-order valence-corrected chi connectivity index (χ0v) is 18.5. The second kappa shape index (κ2) is 10.4. The van der Waals surface area contributed by atoms with Crippen molar-refractivity contribution in [2.45, 2.75) is 34.0 Å². The lowest BCUT2D eigenvalue weighted by atomic mass is 10.2. The molecule has 2 N–H and O–H groups in total. The topological polar surface area (TPSA) is 146 Å². The average Bonchev–Trinajstić information content (AvgIpc) is 3.43. The smallest absolute Gasteiger partial charge is 0.311 e. The van der Waals surface area contributed by atoms with E-state index < -0.39 is 10.8 Å². The third-order valence-corrected chi connectivity index (χ3v) is 4.51. The van der Waals surface area contributed by atoms with E-state index in [0.717, 1.165) is 0 Å². The van der Waals surface area contributed by atoms with Crippen molar-refractivity contribution in [2.24, 2.45) is 5.92 Å². The highest BCUT2D eigenvalue weighted by atomic mass is 16.6. The zero-order valence-electron chi connectivity index (χ0n) is 18.5. The van der Waals surface area contributed by atoms with Crippen LogP contribution in [-0.2, 0) is 13.3 Å². The number of aryl methyl sites for hydroxylation is 1. The van der Waals surface area contributed by atoms with Crippen molar-refractivity contribution in [1.82, 2.24) is 24.9 Å². The van der Waals surface area contributed by atoms with Crippen molar-refractivity contribution in [2.75, 3.05) is 11.9 Å². The summed E-state index contributed by atoms with van der Waals surface area (Å²) in [5.74, 6) is -0.556. The van der Waals surface area contributed by atoms with E-state index in [2.05, 4.69) is 20.8 Å². The van der Waals surface area contributed by atoms with Gasteiger partial charge in [0.25, 0.3) is 11.8 Å². The monoisotopic (exact) mass is 455 g/mol. The highest BCUT2D eigenvalue weighted by Gasteiger charge is 2.20. The Morgan fingerprint density at radius 1 is 1.15 bits per heavy atom. The van der Waals surface area contributed by atoms with Crippen LogP contribution in [0.4, 0.5) is 11.4 Å². The molecule has 0 aliphatic heterocycles. The fourth-order valence-corrected chi connectivity index (χ4v) is 2.83. The normalized spacial score (nSPS) is 10.8. The summed E-state index contributed by atoms with van der Waals surface area (Å²) >= 11 is 0. The average molecular weight is 455 g/mol. The Bertz CT molecular complexity index is 1150. The standard InChI is InChI=1S/C21H25N7O5/c1-4-26-12-16(19(25-26)21(30)22-11-14(2)3)23-20(29)15-9-10-27(24-15)13-33-18-8-6-5-7-17(18)28(31)32/h5-10,12,14H,4,11,13H2,1-3H3,(H,22,30)(H,23,29). The number of amides is 2. The fourth-order valence-electron chi connectivity index (χ4n) is 2.83. The van der Waals surface area contributed by atoms with Gasteiger partial charge in [0.2, 0.25) is 0 Å². The number of hydrogen-bond acceptors (Lipinski definition) is 7. The van der Waals surface area contributed by atoms with Gasteiger partial charge in [0.1, 0.15) is 0 Å². The van der Waals surface area contributed by atoms with Gasteiger partial charge in [-0.1, -0.05) is 26.0 Å². The molecule has 2 aromatic heterocycles. The van der Waals surface area contributed by atoms with Crippen molar-refractivity contribution in [1.29, 1.82) is 0 Å². The van der Waals surface area contributed by atoms with Crippen LogP contribution in [0, 0.1) is 16.0 Å². The molecule has 33 heavy (non-hydrogen) atoms. The number of nitro groups is 1. The molecule has 12 heteroatoms. The minimum Gasteiger partial charge on any atom is -0.464 e. The molecule has 3 aromatic rings. The molecule has 3 rings (SSSR count). The molecule has 2 amide bonds. The summed E-state index contributed by atoms with van der Waals surface area (Å²) in [4.78, 5) is 35.7. The summed E-state index contributed by atoms with van der Waals surface area (Å²) in [6.07, 6.45) is 3.09. The summed E-state index contributed by atoms with van der Waals surface area (Å²) in [7, 11) is 0. The van der Waals surface area contributed by atoms with Crippen LogP contribution in [0.25, 0.3) is 0 Å². The van der Waals surface area contributed by atoms with E-state index in [1.54, 1.807) is 23.0 Å². The van der Waals surface area contributed by atoms with Gasteiger partial charge in [-0.3, -0.25) is 24.4 Å². The zero-order chi connectivity index (χ0) is 24.0. The number of carbonyl (C=O) groups is 2. The number of para-hydroxylation sites is 2. The fraction of sp³-hybridized carbons (Fsp3) is 0.333. The first-order valence-electron chi connectivity index (χ1n) is 10.3. The Balaban J connectivity index is 1.68. The van der Waals surface area contributed by atoms with Crippen molar-refractivity contribution >= 4 is 23.2 Å². The number of nitrogens with zero attached hydrogens (tertiary/aromatic N) is 5. The van der Waals surface area contributed by atoms with E-state index in [0.29, 0.717) is 13.1 Å². The number of ether oxygens (including phenoxy) is 1. The van der Waals surface area contributed by atoms with Crippen LogP contribution >= 0.6 is 0 Å². The second-order valence-corrected chi connectivity index (χ2v) is 7.54.